The summed E-state index contributed by atoms with van der Waals surface area (Å²) >= 11 is 0. The van der Waals surface area contributed by atoms with Crippen molar-refractivity contribution >= 4 is 0 Å². The third kappa shape index (κ3) is 4.38. The maximum Gasteiger partial charge on any atom is 0.00674 e. The van der Waals surface area contributed by atoms with Crippen molar-refractivity contribution in [2.45, 2.75) is 39.7 Å². The molecule has 2 heteroatoms. The van der Waals surface area contributed by atoms with Crippen molar-refractivity contribution in [3.8, 4) is 0 Å². The highest BCUT2D eigenvalue weighted by Crippen LogP contribution is 2.15. The van der Waals surface area contributed by atoms with E-state index in [0.717, 1.165) is 19.4 Å². The van der Waals surface area contributed by atoms with Crippen molar-refractivity contribution in [2.24, 2.45) is 23.3 Å². The van der Waals surface area contributed by atoms with Gasteiger partial charge in [0.15, 0.2) is 0 Å². The summed E-state index contributed by atoms with van der Waals surface area (Å²) in [7, 11) is 0. The molecular weight excluding hydrogens is 136 g/mol. The third-order valence-electron chi connectivity index (χ3n) is 2.47. The Bertz CT molecular complexity index is 91.6. The zero-order valence-electron chi connectivity index (χ0n) is 8.01. The topological polar surface area (TPSA) is 52.0 Å². The highest BCUT2D eigenvalue weighted by Gasteiger charge is 2.14. The Balaban J connectivity index is 3.55. The molecule has 0 radical (unpaired) electrons. The van der Waals surface area contributed by atoms with E-state index in [1.807, 2.05) is 0 Å². The van der Waals surface area contributed by atoms with Gasteiger partial charge in [-0.25, -0.2) is 0 Å². The number of hydrogen-bond acceptors (Lipinski definition) is 2. The van der Waals surface area contributed by atoms with Crippen LogP contribution in [0.5, 0.6) is 0 Å². The molecule has 0 bridgehead atoms. The van der Waals surface area contributed by atoms with Gasteiger partial charge in [0.05, 0.1) is 0 Å². The molecule has 11 heavy (non-hydrogen) atoms. The fourth-order valence-electron chi connectivity index (χ4n) is 1.11. The molecule has 2 atom stereocenters. The number of hydrogen-bond donors (Lipinski definition) is 2. The van der Waals surface area contributed by atoms with Crippen molar-refractivity contribution in [1.82, 2.24) is 0 Å². The SMILES string of the molecule is CC(C)C(C)[C@H](N)CCCN. The molecule has 0 aliphatic heterocycles. The van der Waals surface area contributed by atoms with Crippen LogP contribution in [0.2, 0.25) is 0 Å². The molecule has 68 valence electrons. The summed E-state index contributed by atoms with van der Waals surface area (Å²) in [6.45, 7) is 7.41. The summed E-state index contributed by atoms with van der Waals surface area (Å²) in [5.74, 6) is 1.30. The van der Waals surface area contributed by atoms with Crippen LogP contribution in [-0.4, -0.2) is 12.6 Å². The van der Waals surface area contributed by atoms with Gasteiger partial charge >= 0.3 is 0 Å². The van der Waals surface area contributed by atoms with Crippen molar-refractivity contribution in [3.63, 3.8) is 0 Å². The van der Waals surface area contributed by atoms with Gasteiger partial charge in [-0.3, -0.25) is 0 Å². The van der Waals surface area contributed by atoms with Gasteiger partial charge in [-0.05, 0) is 31.2 Å². The van der Waals surface area contributed by atoms with E-state index in [1.54, 1.807) is 0 Å². The Labute approximate surface area is 70.3 Å². The molecule has 0 saturated heterocycles. The molecule has 0 rings (SSSR count). The first-order chi connectivity index (χ1) is 5.09. The third-order valence-corrected chi connectivity index (χ3v) is 2.47. The predicted molar refractivity (Wildman–Crippen MR) is 50.3 cm³/mol. The lowest BCUT2D eigenvalue weighted by Crippen LogP contribution is -2.31. The molecular formula is C9H22N2. The zero-order valence-corrected chi connectivity index (χ0v) is 8.01. The Hall–Kier alpha value is -0.0800. The van der Waals surface area contributed by atoms with Crippen molar-refractivity contribution in [3.05, 3.63) is 0 Å². The molecule has 2 nitrogen and oxygen atoms in total. The van der Waals surface area contributed by atoms with Crippen molar-refractivity contribution in [1.29, 1.82) is 0 Å². The monoisotopic (exact) mass is 158 g/mol. The first-order valence-electron chi connectivity index (χ1n) is 4.55. The Kier molecular flexibility index (Phi) is 5.51. The van der Waals surface area contributed by atoms with E-state index in [-0.39, 0.29) is 0 Å². The summed E-state index contributed by atoms with van der Waals surface area (Å²) in [4.78, 5) is 0. The fraction of sp³-hybridized carbons (Fsp3) is 1.00. The van der Waals surface area contributed by atoms with Gasteiger partial charge in [0.1, 0.15) is 0 Å². The second-order valence-corrected chi connectivity index (χ2v) is 3.70. The molecule has 4 N–H and O–H groups in total. The van der Waals surface area contributed by atoms with Crippen LogP contribution in [-0.2, 0) is 0 Å². The smallest absolute Gasteiger partial charge is 0.00674 e. The molecule has 0 spiro atoms. The molecule has 1 unspecified atom stereocenters. The summed E-state index contributed by atoms with van der Waals surface area (Å²) in [5, 5.41) is 0. The van der Waals surface area contributed by atoms with Crippen LogP contribution in [0.3, 0.4) is 0 Å². The molecule has 0 aromatic heterocycles. The normalized spacial score (nSPS) is 16.9. The summed E-state index contributed by atoms with van der Waals surface area (Å²) in [6.07, 6.45) is 2.12. The summed E-state index contributed by atoms with van der Waals surface area (Å²) in [6, 6.07) is 0.332. The zero-order chi connectivity index (χ0) is 8.85. The second-order valence-electron chi connectivity index (χ2n) is 3.70. The van der Waals surface area contributed by atoms with Crippen LogP contribution in [0.15, 0.2) is 0 Å². The summed E-state index contributed by atoms with van der Waals surface area (Å²) < 4.78 is 0. The van der Waals surface area contributed by atoms with Gasteiger partial charge < -0.3 is 11.5 Å². The summed E-state index contributed by atoms with van der Waals surface area (Å²) in [5.41, 5.74) is 11.3. The Morgan fingerprint density at radius 2 is 1.73 bits per heavy atom. The Morgan fingerprint density at radius 3 is 2.09 bits per heavy atom. The van der Waals surface area contributed by atoms with Crippen LogP contribution in [0.1, 0.15) is 33.6 Å². The molecule has 0 saturated carbocycles. The molecule has 0 aliphatic carbocycles. The Morgan fingerprint density at radius 1 is 1.18 bits per heavy atom. The second kappa shape index (κ2) is 5.56. The van der Waals surface area contributed by atoms with E-state index in [9.17, 15) is 0 Å². The lowest BCUT2D eigenvalue weighted by atomic mass is 9.88. The standard InChI is InChI=1S/C9H22N2/c1-7(2)8(3)9(11)5-4-6-10/h7-9H,4-6,10-11H2,1-3H3/t8?,9-/m1/s1. The lowest BCUT2D eigenvalue weighted by Gasteiger charge is -2.22. The van der Waals surface area contributed by atoms with Gasteiger partial charge in [-0.2, -0.15) is 0 Å². The predicted octanol–water partition coefficient (Wildman–Crippen LogP) is 1.34. The van der Waals surface area contributed by atoms with Crippen molar-refractivity contribution < 1.29 is 0 Å². The average molecular weight is 158 g/mol. The van der Waals surface area contributed by atoms with E-state index in [0.29, 0.717) is 17.9 Å². The van der Waals surface area contributed by atoms with Crippen molar-refractivity contribution in [2.75, 3.05) is 6.54 Å². The highest BCUT2D eigenvalue weighted by atomic mass is 14.6. The quantitative estimate of drug-likeness (QED) is 0.634. The largest absolute Gasteiger partial charge is 0.330 e. The molecule has 0 aliphatic rings. The van der Waals surface area contributed by atoms with Crippen LogP contribution in [0.4, 0.5) is 0 Å². The molecule has 0 aromatic rings. The van der Waals surface area contributed by atoms with Gasteiger partial charge in [-0.15, -0.1) is 0 Å². The minimum absolute atomic E-state index is 0.332. The first-order valence-corrected chi connectivity index (χ1v) is 4.55. The van der Waals surface area contributed by atoms with E-state index in [4.69, 9.17) is 11.5 Å². The minimum Gasteiger partial charge on any atom is -0.330 e. The average Bonchev–Trinajstić information content (AvgIpc) is 1.98. The van der Waals surface area contributed by atoms with E-state index >= 15 is 0 Å². The maximum absolute atomic E-state index is 5.95. The van der Waals surface area contributed by atoms with Crippen LogP contribution < -0.4 is 11.5 Å². The molecule has 0 aromatic carbocycles. The van der Waals surface area contributed by atoms with E-state index < -0.39 is 0 Å². The van der Waals surface area contributed by atoms with Gasteiger partial charge in [0.25, 0.3) is 0 Å². The first kappa shape index (κ1) is 10.9. The van der Waals surface area contributed by atoms with E-state index in [1.165, 1.54) is 0 Å². The highest BCUT2D eigenvalue weighted by molar-refractivity contribution is 4.71. The maximum atomic E-state index is 5.95. The van der Waals surface area contributed by atoms with Gasteiger partial charge in [0, 0.05) is 6.04 Å². The van der Waals surface area contributed by atoms with Crippen LogP contribution >= 0.6 is 0 Å². The molecule has 0 fully saturated rings. The van der Waals surface area contributed by atoms with Gasteiger partial charge in [0.2, 0.25) is 0 Å². The number of rotatable bonds is 5. The fourth-order valence-corrected chi connectivity index (χ4v) is 1.11. The minimum atomic E-state index is 0.332. The van der Waals surface area contributed by atoms with Crippen LogP contribution in [0, 0.1) is 11.8 Å². The number of nitrogens with two attached hydrogens (primary N) is 2. The lowest BCUT2D eigenvalue weighted by molar-refractivity contribution is 0.329. The molecule has 0 amide bonds. The van der Waals surface area contributed by atoms with Gasteiger partial charge in [-0.1, -0.05) is 20.8 Å². The van der Waals surface area contributed by atoms with Crippen LogP contribution in [0.25, 0.3) is 0 Å². The molecule has 0 heterocycles. The van der Waals surface area contributed by atoms with E-state index in [2.05, 4.69) is 20.8 Å².